The maximum absolute atomic E-state index is 12.2. The van der Waals surface area contributed by atoms with E-state index in [0.717, 1.165) is 12.8 Å². The lowest BCUT2D eigenvalue weighted by atomic mass is 10.1. The molecule has 5 nitrogen and oxygen atoms in total. The summed E-state index contributed by atoms with van der Waals surface area (Å²) in [6.07, 6.45) is 5.00. The molecule has 5 heteroatoms. The molecule has 0 spiro atoms. The Morgan fingerprint density at radius 1 is 1.40 bits per heavy atom. The topological polar surface area (TPSA) is 69.6 Å². The summed E-state index contributed by atoms with van der Waals surface area (Å²) in [7, 11) is 0. The average Bonchev–Trinajstić information content (AvgIpc) is 2.95. The lowest BCUT2D eigenvalue weighted by Gasteiger charge is -2.24. The zero-order chi connectivity index (χ0) is 14.7. The van der Waals surface area contributed by atoms with Crippen molar-refractivity contribution in [3.63, 3.8) is 0 Å². The van der Waals surface area contributed by atoms with Crippen molar-refractivity contribution < 1.29 is 14.7 Å². The fraction of sp³-hybridized carbons (Fsp3) is 0.867. The van der Waals surface area contributed by atoms with Gasteiger partial charge < -0.3 is 15.3 Å². The number of aliphatic hydroxyl groups excluding tert-OH is 1. The molecule has 2 aliphatic rings. The molecule has 0 aromatic rings. The fourth-order valence-corrected chi connectivity index (χ4v) is 3.41. The largest absolute Gasteiger partial charge is 0.393 e. The molecule has 0 bridgehead atoms. The summed E-state index contributed by atoms with van der Waals surface area (Å²) < 4.78 is 0. The Morgan fingerprint density at radius 2 is 2.05 bits per heavy atom. The zero-order valence-electron chi connectivity index (χ0n) is 12.5. The van der Waals surface area contributed by atoms with Crippen LogP contribution >= 0.6 is 0 Å². The first-order valence-electron chi connectivity index (χ1n) is 7.75. The molecule has 20 heavy (non-hydrogen) atoms. The SMILES string of the molecule is CC(O)CC(C)NC(=O)C1CC(=O)N(C2CCCC2)C1. The molecule has 2 N–H and O–H groups in total. The Kier molecular flexibility index (Phi) is 5.02. The highest BCUT2D eigenvalue weighted by molar-refractivity contribution is 5.89. The number of carbonyl (C=O) groups is 2. The van der Waals surface area contributed by atoms with Crippen molar-refractivity contribution in [2.45, 2.75) is 70.6 Å². The first-order valence-corrected chi connectivity index (χ1v) is 7.75. The van der Waals surface area contributed by atoms with Crippen LogP contribution in [0, 0.1) is 5.92 Å². The van der Waals surface area contributed by atoms with E-state index in [1.165, 1.54) is 12.8 Å². The summed E-state index contributed by atoms with van der Waals surface area (Å²) in [5.41, 5.74) is 0. The van der Waals surface area contributed by atoms with E-state index in [-0.39, 0.29) is 23.8 Å². The third-order valence-electron chi connectivity index (χ3n) is 4.38. The first-order chi connectivity index (χ1) is 9.47. The van der Waals surface area contributed by atoms with Gasteiger partial charge in [0.1, 0.15) is 0 Å². The van der Waals surface area contributed by atoms with Crippen LogP contribution in [0.4, 0.5) is 0 Å². The Balaban J connectivity index is 1.84. The summed E-state index contributed by atoms with van der Waals surface area (Å²) in [4.78, 5) is 26.1. The molecule has 2 fully saturated rings. The van der Waals surface area contributed by atoms with Crippen molar-refractivity contribution in [3.05, 3.63) is 0 Å². The maximum atomic E-state index is 12.2. The van der Waals surface area contributed by atoms with E-state index in [2.05, 4.69) is 5.32 Å². The minimum atomic E-state index is -0.425. The van der Waals surface area contributed by atoms with Gasteiger partial charge in [-0.2, -0.15) is 0 Å². The van der Waals surface area contributed by atoms with Crippen LogP contribution in [0.5, 0.6) is 0 Å². The number of likely N-dealkylation sites (tertiary alicyclic amines) is 1. The number of aliphatic hydroxyl groups is 1. The molecule has 1 aliphatic carbocycles. The summed E-state index contributed by atoms with van der Waals surface area (Å²) >= 11 is 0. The molecule has 2 amide bonds. The Bertz CT molecular complexity index is 364. The van der Waals surface area contributed by atoms with E-state index in [1.54, 1.807) is 6.92 Å². The Hall–Kier alpha value is -1.10. The summed E-state index contributed by atoms with van der Waals surface area (Å²) in [6.45, 7) is 4.16. The van der Waals surface area contributed by atoms with Crippen LogP contribution < -0.4 is 5.32 Å². The minimum absolute atomic E-state index is 0.0491. The van der Waals surface area contributed by atoms with Crippen LogP contribution in [-0.4, -0.2) is 46.6 Å². The predicted molar refractivity (Wildman–Crippen MR) is 76.0 cm³/mol. The predicted octanol–water partition coefficient (Wildman–Crippen LogP) is 1.05. The smallest absolute Gasteiger partial charge is 0.225 e. The molecular formula is C15H26N2O3. The van der Waals surface area contributed by atoms with Crippen LogP contribution in [0.3, 0.4) is 0 Å². The highest BCUT2D eigenvalue weighted by atomic mass is 16.3. The monoisotopic (exact) mass is 282 g/mol. The van der Waals surface area contributed by atoms with E-state index in [0.29, 0.717) is 25.4 Å². The van der Waals surface area contributed by atoms with Gasteiger partial charge >= 0.3 is 0 Å². The average molecular weight is 282 g/mol. The van der Waals surface area contributed by atoms with Crippen LogP contribution in [0.1, 0.15) is 52.4 Å². The Labute approximate surface area is 120 Å². The van der Waals surface area contributed by atoms with Gasteiger partial charge in [-0.05, 0) is 33.1 Å². The second kappa shape index (κ2) is 6.57. The van der Waals surface area contributed by atoms with Gasteiger partial charge in [-0.1, -0.05) is 12.8 Å². The molecule has 0 radical (unpaired) electrons. The molecule has 3 unspecified atom stereocenters. The van der Waals surface area contributed by atoms with Gasteiger partial charge in [0.05, 0.1) is 12.0 Å². The minimum Gasteiger partial charge on any atom is -0.393 e. The van der Waals surface area contributed by atoms with Gasteiger partial charge in [0, 0.05) is 25.0 Å². The quantitative estimate of drug-likeness (QED) is 0.792. The third-order valence-corrected chi connectivity index (χ3v) is 4.38. The summed E-state index contributed by atoms with van der Waals surface area (Å²) in [6, 6.07) is 0.299. The van der Waals surface area contributed by atoms with Gasteiger partial charge in [-0.15, -0.1) is 0 Å². The number of amides is 2. The molecular weight excluding hydrogens is 256 g/mol. The normalized spacial score (nSPS) is 26.9. The zero-order valence-corrected chi connectivity index (χ0v) is 12.5. The number of rotatable bonds is 5. The van der Waals surface area contributed by atoms with Gasteiger partial charge in [0.25, 0.3) is 0 Å². The van der Waals surface area contributed by atoms with E-state index >= 15 is 0 Å². The van der Waals surface area contributed by atoms with Crippen molar-refractivity contribution in [3.8, 4) is 0 Å². The van der Waals surface area contributed by atoms with E-state index in [4.69, 9.17) is 0 Å². The molecule has 1 heterocycles. The molecule has 1 aliphatic heterocycles. The summed E-state index contributed by atoms with van der Waals surface area (Å²) in [5.74, 6) is -0.147. The second-order valence-electron chi connectivity index (χ2n) is 6.38. The van der Waals surface area contributed by atoms with Crippen LogP contribution in [-0.2, 0) is 9.59 Å². The van der Waals surface area contributed by atoms with Crippen molar-refractivity contribution in [1.29, 1.82) is 0 Å². The van der Waals surface area contributed by atoms with Crippen molar-refractivity contribution in [2.24, 2.45) is 5.92 Å². The fourth-order valence-electron chi connectivity index (χ4n) is 3.41. The van der Waals surface area contributed by atoms with Gasteiger partial charge in [-0.25, -0.2) is 0 Å². The van der Waals surface area contributed by atoms with Crippen LogP contribution in [0.15, 0.2) is 0 Å². The number of carbonyl (C=O) groups excluding carboxylic acids is 2. The number of hydrogen-bond donors (Lipinski definition) is 2. The van der Waals surface area contributed by atoms with Crippen molar-refractivity contribution in [1.82, 2.24) is 10.2 Å². The molecule has 114 valence electrons. The number of nitrogens with zero attached hydrogens (tertiary/aromatic N) is 1. The van der Waals surface area contributed by atoms with E-state index in [1.807, 2.05) is 11.8 Å². The van der Waals surface area contributed by atoms with Crippen LogP contribution in [0.25, 0.3) is 0 Å². The van der Waals surface area contributed by atoms with Crippen LogP contribution in [0.2, 0.25) is 0 Å². The number of hydrogen-bond acceptors (Lipinski definition) is 3. The molecule has 0 aromatic carbocycles. The van der Waals surface area contributed by atoms with Gasteiger partial charge in [0.2, 0.25) is 11.8 Å². The lowest BCUT2D eigenvalue weighted by Crippen LogP contribution is -2.40. The van der Waals surface area contributed by atoms with Crippen molar-refractivity contribution in [2.75, 3.05) is 6.54 Å². The van der Waals surface area contributed by atoms with Crippen molar-refractivity contribution >= 4 is 11.8 Å². The van der Waals surface area contributed by atoms with Gasteiger partial charge in [0.15, 0.2) is 0 Å². The molecule has 0 aromatic heterocycles. The molecule has 3 atom stereocenters. The first kappa shape index (κ1) is 15.3. The second-order valence-corrected chi connectivity index (χ2v) is 6.38. The highest BCUT2D eigenvalue weighted by Crippen LogP contribution is 2.29. The third kappa shape index (κ3) is 3.72. The molecule has 1 saturated carbocycles. The summed E-state index contributed by atoms with van der Waals surface area (Å²) in [5, 5.41) is 12.2. The highest BCUT2D eigenvalue weighted by Gasteiger charge is 2.38. The Morgan fingerprint density at radius 3 is 2.65 bits per heavy atom. The van der Waals surface area contributed by atoms with E-state index in [9.17, 15) is 14.7 Å². The molecule has 1 saturated heterocycles. The standard InChI is InChI=1S/C15H26N2O3/c1-10(7-11(2)18)16-15(20)12-8-14(19)17(9-12)13-5-3-4-6-13/h10-13,18H,3-9H2,1-2H3,(H,16,20). The molecule has 2 rings (SSSR count). The van der Waals surface area contributed by atoms with E-state index < -0.39 is 6.10 Å². The maximum Gasteiger partial charge on any atom is 0.225 e. The number of nitrogens with one attached hydrogen (secondary N) is 1. The lowest BCUT2D eigenvalue weighted by molar-refractivity contribution is -0.130. The van der Waals surface area contributed by atoms with Gasteiger partial charge in [-0.3, -0.25) is 9.59 Å².